The van der Waals surface area contributed by atoms with Gasteiger partial charge in [0.15, 0.2) is 0 Å². The molecule has 0 amide bonds. The largest absolute Gasteiger partial charge is 2.00 e. The Hall–Kier alpha value is -7.95. The fraction of sp³-hybridized carbons (Fsp3) is 0.400. The molecule has 0 saturated heterocycles. The first-order chi connectivity index (χ1) is 44.7. The minimum atomic E-state index is 0. The maximum absolute atomic E-state index is 6.60. The summed E-state index contributed by atoms with van der Waals surface area (Å²) < 4.78 is 20.8. The smallest absolute Gasteiger partial charge is 0.493 e. The van der Waals surface area contributed by atoms with E-state index < -0.39 is 0 Å². The van der Waals surface area contributed by atoms with Crippen LogP contribution in [0.1, 0.15) is 161 Å². The van der Waals surface area contributed by atoms with Gasteiger partial charge in [0.2, 0.25) is 0 Å². The van der Waals surface area contributed by atoms with Crippen LogP contribution in [0.3, 0.4) is 0 Å². The minimum Gasteiger partial charge on any atom is -0.493 e. The third kappa shape index (κ3) is 17.5. The summed E-state index contributed by atoms with van der Waals surface area (Å²) in [6.07, 6.45) is 37.2. The van der Waals surface area contributed by atoms with Gasteiger partial charge in [0.05, 0.1) is 49.4 Å². The minimum absolute atomic E-state index is 0. The van der Waals surface area contributed by atoms with Crippen LogP contribution in [0.15, 0.2) is 159 Å². The Morgan fingerprint density at radius 1 is 0.398 bits per heavy atom. The van der Waals surface area contributed by atoms with E-state index in [2.05, 4.69) is 207 Å². The van der Waals surface area contributed by atoms with Gasteiger partial charge in [-0.15, -0.1) is 36.4 Å². The van der Waals surface area contributed by atoms with Crippen LogP contribution >= 0.6 is 0 Å². The number of anilines is 6. The number of hydrogen-bond acceptors (Lipinski definition) is 8. The number of rotatable bonds is 24. The molecule has 2 aliphatic carbocycles. The molecule has 10 aromatic rings. The second-order valence-corrected chi connectivity index (χ2v) is 26.6. The topological polar surface area (TPSA) is 96.2 Å². The quantitative estimate of drug-likeness (QED) is 0.0436. The molecule has 0 spiro atoms. The maximum atomic E-state index is 6.60. The molecule has 12 rings (SSSR count). The van der Waals surface area contributed by atoms with Crippen LogP contribution in [0.25, 0.3) is 22.7 Å². The monoisotopic (exact) mass is 1420 g/mol. The van der Waals surface area contributed by atoms with Crippen molar-refractivity contribution in [2.75, 3.05) is 23.0 Å². The third-order valence-corrected chi connectivity index (χ3v) is 18.8. The van der Waals surface area contributed by atoms with Crippen molar-refractivity contribution in [1.29, 1.82) is 0 Å². The van der Waals surface area contributed by atoms with E-state index in [0.717, 1.165) is 138 Å². The van der Waals surface area contributed by atoms with E-state index in [-0.39, 0.29) is 21.1 Å². The molecule has 4 aromatic heterocycles. The first kappa shape index (κ1) is 67.9. The van der Waals surface area contributed by atoms with Gasteiger partial charge >= 0.3 is 21.1 Å². The Bertz CT molecular complexity index is 3540. The second-order valence-electron chi connectivity index (χ2n) is 26.6. The molecule has 0 N–H and O–H groups in total. The van der Waals surface area contributed by atoms with Crippen molar-refractivity contribution in [1.82, 2.24) is 39.1 Å². The molecule has 0 aliphatic heterocycles. The van der Waals surface area contributed by atoms with Gasteiger partial charge in [0.25, 0.3) is 0 Å². The molecule has 4 heterocycles. The van der Waals surface area contributed by atoms with Gasteiger partial charge in [-0.3, -0.25) is 9.36 Å². The average Bonchev–Trinajstić information content (AvgIpc) is 0.981. The van der Waals surface area contributed by atoms with Crippen molar-refractivity contribution in [2.45, 2.75) is 172 Å². The summed E-state index contributed by atoms with van der Waals surface area (Å²) in [7, 11) is 0. The molecule has 6 aromatic carbocycles. The van der Waals surface area contributed by atoms with E-state index in [9.17, 15) is 0 Å². The van der Waals surface area contributed by atoms with Gasteiger partial charge in [0.1, 0.15) is 11.5 Å². The third-order valence-electron chi connectivity index (χ3n) is 18.8. The number of aromatic nitrogens is 8. The number of hydrogen-bond donors (Lipinski definition) is 0. The number of nitrogens with zero attached hydrogens (tertiary/aromatic N) is 10. The summed E-state index contributed by atoms with van der Waals surface area (Å²) in [6, 6.07) is 45.7. The SMILES string of the molecule is CCCCCC1CCC(COc2c(C)cc(N(c3[c-]c(-n4cc(C)cn4)ccc3)c3[c-]c(-n4cc(C)cn4)ccc3)cc2C)CC1.CCCCCC1CCC(COc2c(C)cc(N(c3cccc(-n4cc(C)cn4)c3)c3cccc(-n4cc(C)cn4)c3)cc2C)CC1.[Pt+2]. The Morgan fingerprint density at radius 2 is 0.742 bits per heavy atom. The van der Waals surface area contributed by atoms with Crippen LogP contribution in [0.5, 0.6) is 11.5 Å². The Labute approximate surface area is 568 Å². The van der Waals surface area contributed by atoms with Crippen molar-refractivity contribution in [3.05, 3.63) is 215 Å². The number of ether oxygens (including phenoxy) is 2. The predicted octanol–water partition coefficient (Wildman–Crippen LogP) is 20.7. The van der Waals surface area contributed by atoms with E-state index in [1.807, 2.05) is 81.9 Å². The molecule has 2 saturated carbocycles. The second kappa shape index (κ2) is 32.3. The zero-order valence-electron chi connectivity index (χ0n) is 56.7. The Kier molecular flexibility index (Phi) is 23.6. The molecule has 2 fully saturated rings. The van der Waals surface area contributed by atoms with Crippen LogP contribution in [-0.4, -0.2) is 52.3 Å². The fourth-order valence-electron chi connectivity index (χ4n) is 13.7. The van der Waals surface area contributed by atoms with Crippen molar-refractivity contribution >= 4 is 34.1 Å². The molecule has 13 heteroatoms. The molecule has 0 unspecified atom stereocenters. The molecular formula is C80H96N10O2Pt. The van der Waals surface area contributed by atoms with Crippen molar-refractivity contribution < 1.29 is 30.5 Å². The Balaban J connectivity index is 0.000000201. The molecule has 0 bridgehead atoms. The van der Waals surface area contributed by atoms with Crippen molar-refractivity contribution in [2.24, 2.45) is 23.7 Å². The summed E-state index contributed by atoms with van der Waals surface area (Å²) >= 11 is 0. The summed E-state index contributed by atoms with van der Waals surface area (Å²) in [5, 5.41) is 18.2. The molecule has 93 heavy (non-hydrogen) atoms. The molecular weight excluding hydrogens is 1330 g/mol. The molecule has 0 radical (unpaired) electrons. The van der Waals surface area contributed by atoms with Gasteiger partial charge in [-0.25, -0.2) is 9.36 Å². The summed E-state index contributed by atoms with van der Waals surface area (Å²) in [4.78, 5) is 4.53. The first-order valence-electron chi connectivity index (χ1n) is 34.2. The van der Waals surface area contributed by atoms with Crippen LogP contribution in [0.4, 0.5) is 34.1 Å². The molecule has 0 atom stereocenters. The van der Waals surface area contributed by atoms with Crippen LogP contribution in [-0.2, 0) is 21.1 Å². The molecule has 12 nitrogen and oxygen atoms in total. The van der Waals surface area contributed by atoms with Gasteiger partial charge < -0.3 is 19.3 Å². The number of unbranched alkanes of at least 4 members (excludes halogenated alkanes) is 4. The van der Waals surface area contributed by atoms with E-state index in [1.54, 1.807) is 0 Å². The predicted molar refractivity (Wildman–Crippen MR) is 376 cm³/mol. The Morgan fingerprint density at radius 3 is 1.10 bits per heavy atom. The summed E-state index contributed by atoms with van der Waals surface area (Å²) in [5.41, 5.74) is 18.9. The number of aryl methyl sites for hydroxylation is 8. The van der Waals surface area contributed by atoms with Gasteiger partial charge in [-0.2, -0.15) is 32.5 Å². The van der Waals surface area contributed by atoms with Crippen molar-refractivity contribution in [3.63, 3.8) is 0 Å². The van der Waals surface area contributed by atoms with E-state index in [4.69, 9.17) is 9.47 Å². The normalized spacial score (nSPS) is 16.3. The van der Waals surface area contributed by atoms with Crippen molar-refractivity contribution in [3.8, 4) is 34.2 Å². The maximum Gasteiger partial charge on any atom is 2.00 e. The summed E-state index contributed by atoms with van der Waals surface area (Å²) in [5.74, 6) is 5.15. The molecule has 488 valence electrons. The fourth-order valence-corrected chi connectivity index (χ4v) is 13.7. The zero-order valence-corrected chi connectivity index (χ0v) is 58.9. The van der Waals surface area contributed by atoms with Gasteiger partial charge in [-0.1, -0.05) is 114 Å². The van der Waals surface area contributed by atoms with E-state index in [1.165, 1.54) is 103 Å². The van der Waals surface area contributed by atoms with Crippen LogP contribution in [0, 0.1) is 91.2 Å². The van der Waals surface area contributed by atoms with E-state index >= 15 is 0 Å². The van der Waals surface area contributed by atoms with E-state index in [0.29, 0.717) is 11.8 Å². The van der Waals surface area contributed by atoms with Gasteiger partial charge in [-0.05, 0) is 221 Å². The molecule has 2 aliphatic rings. The van der Waals surface area contributed by atoms with Crippen LogP contribution in [0.2, 0.25) is 0 Å². The van der Waals surface area contributed by atoms with Gasteiger partial charge in [0, 0.05) is 47.5 Å². The standard InChI is InChI=1S/C40H49N5O.C40H47N5O.Pt/c2*1-6-7-8-11-33-16-18-34(19-17-33)28-46-40-31(4)20-39(21-32(40)5)45(37-14-9-12-35(22-37)43-26-29(2)24-41-43)38-15-10-13-36(23-38)44-27-30(3)25-42-44;/h9-10,12-15,20-27,33-34H,6-8,11,16-19,28H2,1-5H3;9-10,12-15,20-21,24-27,33-34H,6-8,11,16-19,28H2,1-5H3;/q;-2;+2. The number of benzene rings is 6. The first-order valence-corrected chi connectivity index (χ1v) is 34.2. The average molecular weight is 1420 g/mol. The van der Waals surface area contributed by atoms with Crippen LogP contribution < -0.4 is 19.3 Å². The zero-order chi connectivity index (χ0) is 64.1. The summed E-state index contributed by atoms with van der Waals surface area (Å²) in [6.45, 7) is 23.1.